The third kappa shape index (κ3) is 4.43. The molecule has 270 valence electrons. The van der Waals surface area contributed by atoms with Crippen molar-refractivity contribution in [3.8, 4) is 22.3 Å². The van der Waals surface area contributed by atoms with Crippen molar-refractivity contribution >= 4 is 103 Å². The summed E-state index contributed by atoms with van der Waals surface area (Å²) in [6.07, 6.45) is 0. The van der Waals surface area contributed by atoms with E-state index in [4.69, 9.17) is 0 Å². The van der Waals surface area contributed by atoms with Gasteiger partial charge in [-0.2, -0.15) is 0 Å². The van der Waals surface area contributed by atoms with Gasteiger partial charge in [0.2, 0.25) is 0 Å². The fraction of sp³-hybridized carbons (Fsp3) is 0. The van der Waals surface area contributed by atoms with Crippen molar-refractivity contribution < 1.29 is 0 Å². The highest BCUT2D eigenvalue weighted by atomic mass is 32.1. The Morgan fingerprint density at radius 3 is 1.60 bits per heavy atom. The topological polar surface area (TPSA) is 12.1 Å². The third-order valence-corrected chi connectivity index (χ3v) is 13.4. The van der Waals surface area contributed by atoms with Gasteiger partial charge in [0, 0.05) is 53.1 Å². The first-order valence-electron chi connectivity index (χ1n) is 19.8. The zero-order valence-corrected chi connectivity index (χ0v) is 32.1. The smallest absolute Gasteiger partial charge is 0.0789 e. The first-order chi connectivity index (χ1) is 28.8. The summed E-state index contributed by atoms with van der Waals surface area (Å²) in [5.74, 6) is 0. The van der Waals surface area contributed by atoms with Crippen LogP contribution in [0.1, 0.15) is 0 Å². The Bertz CT molecular complexity index is 3740. The van der Waals surface area contributed by atoms with E-state index in [1.54, 1.807) is 0 Å². The lowest BCUT2D eigenvalue weighted by Gasteiger charge is -2.27. The van der Waals surface area contributed by atoms with E-state index in [0.29, 0.717) is 0 Å². The Balaban J connectivity index is 1.08. The van der Waals surface area contributed by atoms with E-state index in [0.717, 1.165) is 11.4 Å². The molecule has 0 radical (unpaired) electrons. The van der Waals surface area contributed by atoms with Crippen LogP contribution in [0.15, 0.2) is 200 Å². The fourth-order valence-electron chi connectivity index (χ4n) is 9.70. The van der Waals surface area contributed by atoms with Gasteiger partial charge in [0.25, 0.3) is 0 Å². The number of benzene rings is 9. The average molecular weight is 756 g/mol. The molecule has 0 saturated carbocycles. The summed E-state index contributed by atoms with van der Waals surface area (Å²) in [7, 11) is 0. The number of rotatable bonds is 5. The lowest BCUT2D eigenvalue weighted by molar-refractivity contribution is 1.24. The lowest BCUT2D eigenvalue weighted by atomic mass is 9.99. The SMILES string of the molecule is c1ccc(-c2cccc(-c3ccc(N(c4ccc5c(c4)n4c6ccccc6c6ccc7c8ccccc8n5c7c64)c4cccc5sc6ccccc6c45)cc3)c2)cc1. The van der Waals surface area contributed by atoms with Crippen LogP contribution in [0, 0.1) is 0 Å². The predicted octanol–water partition coefficient (Wildman–Crippen LogP) is 15.4. The van der Waals surface area contributed by atoms with E-state index in [2.05, 4.69) is 214 Å². The monoisotopic (exact) mass is 755 g/mol. The molecule has 13 rings (SSSR count). The molecule has 4 heteroatoms. The maximum absolute atomic E-state index is 2.52. The molecule has 13 aromatic rings. The number of hydrogen-bond acceptors (Lipinski definition) is 2. The highest BCUT2D eigenvalue weighted by Gasteiger charge is 2.24. The maximum atomic E-state index is 2.52. The van der Waals surface area contributed by atoms with Crippen molar-refractivity contribution in [1.29, 1.82) is 0 Å². The summed E-state index contributed by atoms with van der Waals surface area (Å²) in [5, 5.41) is 7.67. The Kier molecular flexibility index (Phi) is 6.60. The predicted molar refractivity (Wildman–Crippen MR) is 248 cm³/mol. The van der Waals surface area contributed by atoms with Gasteiger partial charge < -0.3 is 13.7 Å². The Hall–Kier alpha value is -7.40. The van der Waals surface area contributed by atoms with Gasteiger partial charge in [-0.05, 0) is 89.0 Å². The molecule has 9 aromatic carbocycles. The van der Waals surface area contributed by atoms with E-state index >= 15 is 0 Å². The number of anilines is 3. The first-order valence-corrected chi connectivity index (χ1v) is 20.7. The molecular weight excluding hydrogens is 723 g/mol. The molecule has 0 aliphatic carbocycles. The molecule has 58 heavy (non-hydrogen) atoms. The molecule has 0 bridgehead atoms. The zero-order valence-electron chi connectivity index (χ0n) is 31.3. The van der Waals surface area contributed by atoms with Crippen molar-refractivity contribution in [3.63, 3.8) is 0 Å². The largest absolute Gasteiger partial charge is 0.310 e. The second kappa shape index (κ2) is 12.1. The first kappa shape index (κ1) is 31.8. The molecule has 4 heterocycles. The molecule has 0 saturated heterocycles. The van der Waals surface area contributed by atoms with Crippen LogP contribution in [0.2, 0.25) is 0 Å². The minimum atomic E-state index is 1.11. The molecule has 0 aliphatic heterocycles. The molecule has 3 nitrogen and oxygen atoms in total. The Labute approximate surface area is 337 Å². The van der Waals surface area contributed by atoms with Gasteiger partial charge in [0.15, 0.2) is 0 Å². The summed E-state index contributed by atoms with van der Waals surface area (Å²) in [6.45, 7) is 0. The van der Waals surface area contributed by atoms with Crippen LogP contribution < -0.4 is 4.90 Å². The van der Waals surface area contributed by atoms with Crippen LogP contribution in [0.4, 0.5) is 17.1 Å². The van der Waals surface area contributed by atoms with Gasteiger partial charge in [-0.3, -0.25) is 0 Å². The van der Waals surface area contributed by atoms with Gasteiger partial charge in [-0.25, -0.2) is 0 Å². The van der Waals surface area contributed by atoms with Crippen LogP contribution in [0.25, 0.3) is 97.1 Å². The quantitative estimate of drug-likeness (QED) is 0.159. The summed E-state index contributed by atoms with van der Waals surface area (Å²) in [4.78, 5) is 2.47. The van der Waals surface area contributed by atoms with Crippen molar-refractivity contribution in [2.45, 2.75) is 0 Å². The van der Waals surface area contributed by atoms with Crippen molar-refractivity contribution in [3.05, 3.63) is 200 Å². The van der Waals surface area contributed by atoms with Crippen molar-refractivity contribution in [2.75, 3.05) is 4.90 Å². The number of aromatic nitrogens is 2. The van der Waals surface area contributed by atoms with Gasteiger partial charge in [-0.1, -0.05) is 133 Å². The number of fused-ring (bicyclic) bond motifs is 12. The number of thiophene rings is 1. The third-order valence-electron chi connectivity index (χ3n) is 12.2. The molecule has 4 aromatic heterocycles. The second-order valence-corrected chi connectivity index (χ2v) is 16.4. The molecule has 0 amide bonds. The molecule has 0 aliphatic rings. The van der Waals surface area contributed by atoms with Crippen molar-refractivity contribution in [1.82, 2.24) is 8.80 Å². The van der Waals surface area contributed by atoms with Gasteiger partial charge >= 0.3 is 0 Å². The Morgan fingerprint density at radius 1 is 0.328 bits per heavy atom. The van der Waals surface area contributed by atoms with Crippen LogP contribution in [-0.4, -0.2) is 8.80 Å². The highest BCUT2D eigenvalue weighted by Crippen LogP contribution is 2.47. The molecular formula is C54H33N3S. The van der Waals surface area contributed by atoms with Gasteiger partial charge in [0.1, 0.15) is 0 Å². The minimum Gasteiger partial charge on any atom is -0.310 e. The van der Waals surface area contributed by atoms with Crippen LogP contribution in [0.3, 0.4) is 0 Å². The highest BCUT2D eigenvalue weighted by molar-refractivity contribution is 7.26. The Morgan fingerprint density at radius 2 is 0.879 bits per heavy atom. The number of nitrogens with zero attached hydrogens (tertiary/aromatic N) is 3. The average Bonchev–Trinajstić information content (AvgIpc) is 3.96. The molecule has 0 N–H and O–H groups in total. The van der Waals surface area contributed by atoms with Crippen LogP contribution in [0.5, 0.6) is 0 Å². The zero-order chi connectivity index (χ0) is 37.9. The van der Waals surface area contributed by atoms with E-state index in [1.165, 1.54) is 103 Å². The summed E-state index contributed by atoms with van der Waals surface area (Å²) in [5.41, 5.74) is 15.6. The number of hydrogen-bond donors (Lipinski definition) is 0. The summed E-state index contributed by atoms with van der Waals surface area (Å²) >= 11 is 1.86. The second-order valence-electron chi connectivity index (χ2n) is 15.3. The number of para-hydroxylation sites is 2. The normalized spacial score (nSPS) is 12.1. The standard InChI is InChI=1S/C54H33N3S/c1-2-12-34(13-3-1)36-14-10-15-37(32-36)35-24-26-38(27-25-35)55(48-21-11-23-51-52(48)44-18-6-9-22-50(44)58-51)39-28-31-47-49(33-39)57-46-20-8-5-17-41(46)43-30-29-42-40-16-4-7-19-45(40)56(47)53(42)54(43)57/h1-33H. The van der Waals surface area contributed by atoms with E-state index in [-0.39, 0.29) is 0 Å². The van der Waals surface area contributed by atoms with E-state index in [9.17, 15) is 0 Å². The fourth-order valence-corrected chi connectivity index (χ4v) is 10.8. The summed E-state index contributed by atoms with van der Waals surface area (Å²) < 4.78 is 7.60. The van der Waals surface area contributed by atoms with Crippen LogP contribution >= 0.6 is 11.3 Å². The molecule has 0 fully saturated rings. The van der Waals surface area contributed by atoms with Gasteiger partial charge in [0.05, 0.1) is 38.8 Å². The molecule has 0 atom stereocenters. The van der Waals surface area contributed by atoms with E-state index < -0.39 is 0 Å². The molecule has 0 spiro atoms. The van der Waals surface area contributed by atoms with Crippen molar-refractivity contribution in [2.24, 2.45) is 0 Å². The maximum Gasteiger partial charge on any atom is 0.0789 e. The lowest BCUT2D eigenvalue weighted by Crippen LogP contribution is -2.11. The van der Waals surface area contributed by atoms with Crippen LogP contribution in [-0.2, 0) is 0 Å². The van der Waals surface area contributed by atoms with E-state index in [1.807, 2.05) is 11.3 Å². The summed E-state index contributed by atoms with van der Waals surface area (Å²) in [6, 6.07) is 73.7. The molecule has 0 unspecified atom stereocenters. The minimum absolute atomic E-state index is 1.11. The van der Waals surface area contributed by atoms with Gasteiger partial charge in [-0.15, -0.1) is 11.3 Å².